The maximum absolute atomic E-state index is 13.1. The number of carboxylic acid groups (broad SMARTS) is 1. The monoisotopic (exact) mass is 1560 g/mol. The zero-order valence-electron chi connectivity index (χ0n) is 54.8. The third-order valence-electron chi connectivity index (χ3n) is 17.5. The topological polar surface area (TPSA) is 774 Å². The Bertz CT molecular complexity index is 3090. The SMILES string of the molecule is CC(=O)N[C@@H]1[C@@H](O)[C@H](O[C@@H]2O[C@H](CO)[C@H](O)[C@H](O[C@@H]3O[C@H](CO)[C@@H](O[C@@H]4O[C@H](CO)[C@H](O)[C@H](O[C@@H]5O[C@H](COS(=O)(=O)[O-])[C@@H](O[C@@H]6O[C@H](COS(=O)(=O)[O-])[C@H](O)[C@H](O[C@]7(C(=O)[O-])C[C@H](O)[C@@H](NC(C)=O)[C@H]([C@H](O)[C@H](O)CO)O7)[C@H]6O)[C@H](O)[C@H]5NC(C)=O)[C@H]4O)[C@H](O)[C@H]3NC(C)=O)[C@H]2O)[C@@H](CO)O[C@H]1O. The normalized spacial score (nSPS) is 43.7. The molecule has 0 aliphatic carbocycles. The maximum atomic E-state index is 13.1. The van der Waals surface area contributed by atoms with Gasteiger partial charge in [-0.25, -0.2) is 16.8 Å². The largest absolute Gasteiger partial charge is 0.726 e. The van der Waals surface area contributed by atoms with Gasteiger partial charge in [0.05, 0.1) is 58.4 Å². The van der Waals surface area contributed by atoms with Crippen molar-refractivity contribution in [3.8, 4) is 0 Å². The molecule has 0 aromatic carbocycles. The molecule has 51 heteroatoms. The van der Waals surface area contributed by atoms with Crippen LogP contribution in [0.5, 0.6) is 0 Å². The van der Waals surface area contributed by atoms with Crippen molar-refractivity contribution in [2.75, 3.05) is 46.2 Å². The molecule has 104 heavy (non-hydrogen) atoms. The van der Waals surface area contributed by atoms with E-state index in [0.717, 1.165) is 27.7 Å². The number of aliphatic hydroxyl groups is 18. The number of rotatable bonds is 30. The van der Waals surface area contributed by atoms with Crippen LogP contribution in [-0.4, -0.2) is 414 Å². The first kappa shape index (κ1) is 87.1. The predicted octanol–water partition coefficient (Wildman–Crippen LogP) is -18.9. The fraction of sp³-hybridized carbons (Fsp3) is 0.906. The molecule has 0 saturated carbocycles. The number of aliphatic hydroxyl groups excluding tert-OH is 18. The highest BCUT2D eigenvalue weighted by atomic mass is 32.3. The summed E-state index contributed by atoms with van der Waals surface area (Å²) in [5.41, 5.74) is 0. The standard InChI is InChI=1S/C53H88N4O45S2/c1-13(63)54-25-17(67)5-53(52(80)81,101-42(25)29(69)18(68)6-58)102-45-32(72)23(11-88-103(82,83)84)94-51(38(45)78)98-41-24(12-89-104(85,86)87)95-48(28(35(41)75)57-16(4)66)100-44-31(71)20(8-60)92-50(37(44)77)97-40-22(10-62)93-47(27(34(40)74)56-15(3)65)99-43-30(70)19(7-59)91-49(36(43)76)96-39-21(9-61)90-46(79)26(33(39)73)55-14(2)64/h17-51,58-62,67-79H,5-12H2,1-4H3,(H,54,63)(H,55,64)(H,56,65)(H,57,66)(H,80,81)(H,82,83,84)(H,85,86,87)/p-3/t17-,18+,19+,20+,21+,22+,23+,24+,25+,26+,27+,28+,29+,30-,31-,32-,33+,34+,35+,36+,37+,38+,39+,40+,41+,42+,43-,44-,45-,46+,47-,48-,49-,50-,51-,53-/m0/s1. The van der Waals surface area contributed by atoms with Crippen LogP contribution in [-0.2, 0) is 115 Å². The van der Waals surface area contributed by atoms with Gasteiger partial charge in [0.2, 0.25) is 50.2 Å². The van der Waals surface area contributed by atoms with Gasteiger partial charge in [0.25, 0.3) is 0 Å². The minimum Gasteiger partial charge on any atom is -0.726 e. The van der Waals surface area contributed by atoms with Crippen LogP contribution in [0.25, 0.3) is 0 Å². The molecule has 602 valence electrons. The Morgan fingerprint density at radius 1 is 0.442 bits per heavy atom. The van der Waals surface area contributed by atoms with E-state index in [0.29, 0.717) is 0 Å². The number of carboxylic acids is 1. The molecule has 4 amide bonds. The van der Waals surface area contributed by atoms with E-state index in [1.165, 1.54) is 0 Å². The van der Waals surface area contributed by atoms with Gasteiger partial charge in [0.15, 0.2) is 37.7 Å². The van der Waals surface area contributed by atoms with Crippen molar-refractivity contribution >= 4 is 50.4 Å². The van der Waals surface area contributed by atoms with E-state index in [1.54, 1.807) is 0 Å². The summed E-state index contributed by atoms with van der Waals surface area (Å²) in [5, 5.41) is 222. The number of aliphatic carboxylic acids is 1. The maximum Gasteiger partial charge on any atom is 0.217 e. The molecule has 7 rings (SSSR count). The molecule has 0 aromatic heterocycles. The summed E-state index contributed by atoms with van der Waals surface area (Å²) in [4.78, 5) is 63.0. The molecular weight excluding hydrogens is 1480 g/mol. The van der Waals surface area contributed by atoms with E-state index in [4.69, 9.17) is 61.6 Å². The van der Waals surface area contributed by atoms with Gasteiger partial charge in [-0.2, -0.15) is 0 Å². The van der Waals surface area contributed by atoms with Crippen LogP contribution in [0.15, 0.2) is 0 Å². The summed E-state index contributed by atoms with van der Waals surface area (Å²) >= 11 is 0. The Balaban J connectivity index is 1.16. The van der Waals surface area contributed by atoms with Crippen molar-refractivity contribution in [3.63, 3.8) is 0 Å². The van der Waals surface area contributed by atoms with Crippen LogP contribution in [0.4, 0.5) is 0 Å². The smallest absolute Gasteiger partial charge is 0.217 e. The van der Waals surface area contributed by atoms with E-state index in [9.17, 15) is 147 Å². The van der Waals surface area contributed by atoms with Crippen molar-refractivity contribution in [2.24, 2.45) is 0 Å². The zero-order chi connectivity index (χ0) is 77.7. The van der Waals surface area contributed by atoms with Crippen molar-refractivity contribution in [1.82, 2.24) is 21.3 Å². The van der Waals surface area contributed by atoms with Gasteiger partial charge >= 0.3 is 0 Å². The highest BCUT2D eigenvalue weighted by Crippen LogP contribution is 2.41. The number of hydrogen-bond acceptors (Lipinski definition) is 45. The first-order chi connectivity index (χ1) is 48.5. The summed E-state index contributed by atoms with van der Waals surface area (Å²) in [6.07, 6.45) is -71.7. The first-order valence-electron chi connectivity index (χ1n) is 31.5. The number of amides is 4. The van der Waals surface area contributed by atoms with Crippen molar-refractivity contribution < 1.29 is 217 Å². The Morgan fingerprint density at radius 3 is 1.18 bits per heavy atom. The summed E-state index contributed by atoms with van der Waals surface area (Å²) in [5.74, 6) is -9.99. The van der Waals surface area contributed by atoms with Crippen LogP contribution < -0.4 is 26.4 Å². The van der Waals surface area contributed by atoms with Crippen LogP contribution >= 0.6 is 0 Å². The van der Waals surface area contributed by atoms with Crippen molar-refractivity contribution in [1.29, 1.82) is 0 Å². The molecule has 0 bridgehead atoms. The number of hydrogen-bond donors (Lipinski definition) is 22. The fourth-order valence-corrected chi connectivity index (χ4v) is 13.2. The van der Waals surface area contributed by atoms with Crippen LogP contribution in [0.1, 0.15) is 34.1 Å². The summed E-state index contributed by atoms with van der Waals surface area (Å²) in [7, 11) is -11.7. The Labute approximate surface area is 587 Å². The molecule has 36 atom stereocenters. The number of carbonyl (C=O) groups excluding carboxylic acids is 5. The molecule has 7 saturated heterocycles. The molecule has 7 aliphatic heterocycles. The van der Waals surface area contributed by atoms with E-state index in [2.05, 4.69) is 29.6 Å². The van der Waals surface area contributed by atoms with Crippen LogP contribution in [0.2, 0.25) is 0 Å². The van der Waals surface area contributed by atoms with Gasteiger partial charge in [-0.15, -0.1) is 0 Å². The van der Waals surface area contributed by atoms with E-state index in [-0.39, 0.29) is 0 Å². The lowest BCUT2D eigenvalue weighted by molar-refractivity contribution is -0.411. The van der Waals surface area contributed by atoms with E-state index < -0.39 is 323 Å². The van der Waals surface area contributed by atoms with Gasteiger partial charge in [-0.3, -0.25) is 27.5 Å². The number of carbonyl (C=O) groups is 5. The predicted molar refractivity (Wildman–Crippen MR) is 310 cm³/mol. The Hall–Kier alpha value is -4.15. The minimum atomic E-state index is -5.88. The highest BCUT2D eigenvalue weighted by Gasteiger charge is 2.61. The Kier molecular flexibility index (Phi) is 30.6. The molecule has 0 aromatic rings. The summed E-state index contributed by atoms with van der Waals surface area (Å²) in [6, 6.07) is -7.71. The lowest BCUT2D eigenvalue weighted by Crippen LogP contribution is -2.72. The molecule has 49 nitrogen and oxygen atoms in total. The van der Waals surface area contributed by atoms with Crippen LogP contribution in [0, 0.1) is 0 Å². The second-order valence-electron chi connectivity index (χ2n) is 24.9. The van der Waals surface area contributed by atoms with Gasteiger partial charge in [0.1, 0.15) is 171 Å². The third kappa shape index (κ3) is 20.6. The molecule has 0 unspecified atom stereocenters. The fourth-order valence-electron chi connectivity index (χ4n) is 12.6. The highest BCUT2D eigenvalue weighted by molar-refractivity contribution is 7.81. The molecule has 7 aliphatic rings. The number of ether oxygens (including phenoxy) is 13. The van der Waals surface area contributed by atoms with Gasteiger partial charge in [0, 0.05) is 34.1 Å². The average Bonchev–Trinajstić information content (AvgIpc) is 0.751. The lowest BCUT2D eigenvalue weighted by Gasteiger charge is -2.52. The van der Waals surface area contributed by atoms with Crippen molar-refractivity contribution in [2.45, 2.75) is 254 Å². The average molecular weight is 1560 g/mol. The third-order valence-corrected chi connectivity index (χ3v) is 18.4. The quantitative estimate of drug-likeness (QED) is 0.0235. The minimum absolute atomic E-state index is 0.772. The van der Waals surface area contributed by atoms with E-state index >= 15 is 0 Å². The molecule has 0 spiro atoms. The second-order valence-corrected chi connectivity index (χ2v) is 27.0. The molecule has 0 radical (unpaired) electrons. The zero-order valence-corrected chi connectivity index (χ0v) is 56.4. The lowest BCUT2D eigenvalue weighted by atomic mass is 9.88. The van der Waals surface area contributed by atoms with Crippen LogP contribution in [0.3, 0.4) is 0 Å². The van der Waals surface area contributed by atoms with Gasteiger partial charge in [-0.1, -0.05) is 0 Å². The van der Waals surface area contributed by atoms with Gasteiger partial charge in [-0.05, 0) is 0 Å². The second kappa shape index (κ2) is 36.6. The molecule has 22 N–H and O–H groups in total. The Morgan fingerprint density at radius 2 is 0.779 bits per heavy atom. The molecule has 7 heterocycles. The first-order valence-corrected chi connectivity index (χ1v) is 34.2. The summed E-state index contributed by atoms with van der Waals surface area (Å²) in [6.45, 7) is -5.46. The molecule has 7 fully saturated rings. The van der Waals surface area contributed by atoms with Gasteiger partial charge < -0.3 is 194 Å². The van der Waals surface area contributed by atoms with Crippen molar-refractivity contribution in [3.05, 3.63) is 0 Å². The van der Waals surface area contributed by atoms with E-state index in [1.807, 2.05) is 0 Å². The summed E-state index contributed by atoms with van der Waals surface area (Å²) < 4.78 is 154. The molecular formula is C53H85N4O45S2-3. The number of nitrogens with one attached hydrogen (secondary N) is 4.